The van der Waals surface area contributed by atoms with Crippen LogP contribution >= 0.6 is 0 Å². The number of benzene rings is 1. The zero-order valence-corrected chi connectivity index (χ0v) is 10.9. The van der Waals surface area contributed by atoms with E-state index in [1.807, 2.05) is 12.2 Å². The van der Waals surface area contributed by atoms with E-state index in [1.54, 1.807) is 0 Å². The van der Waals surface area contributed by atoms with E-state index in [-0.39, 0.29) is 17.5 Å². The SMILES string of the molecule is O=C(O)C1C2C=CC(C2)C1C(=O)Nc1cccc(F)c1F. The molecule has 21 heavy (non-hydrogen) atoms. The summed E-state index contributed by atoms with van der Waals surface area (Å²) in [5, 5.41) is 11.6. The maximum Gasteiger partial charge on any atom is 0.307 e. The van der Waals surface area contributed by atoms with Crippen molar-refractivity contribution in [2.24, 2.45) is 23.7 Å². The highest BCUT2D eigenvalue weighted by molar-refractivity contribution is 5.96. The first kappa shape index (κ1) is 13.7. The fourth-order valence-electron chi connectivity index (χ4n) is 3.33. The van der Waals surface area contributed by atoms with Crippen molar-refractivity contribution in [3.63, 3.8) is 0 Å². The molecular formula is C15H13F2NO3. The van der Waals surface area contributed by atoms with Gasteiger partial charge in [0.05, 0.1) is 17.5 Å². The topological polar surface area (TPSA) is 66.4 Å². The van der Waals surface area contributed by atoms with Gasteiger partial charge in [0.25, 0.3) is 0 Å². The lowest BCUT2D eigenvalue weighted by molar-refractivity contribution is -0.146. The number of fused-ring (bicyclic) bond motifs is 2. The number of carboxylic acids is 1. The Kier molecular flexibility index (Phi) is 3.23. The zero-order chi connectivity index (χ0) is 15.1. The van der Waals surface area contributed by atoms with Crippen molar-refractivity contribution in [3.8, 4) is 0 Å². The Hall–Kier alpha value is -2.24. The van der Waals surface area contributed by atoms with Gasteiger partial charge in [0, 0.05) is 0 Å². The second kappa shape index (κ2) is 4.95. The lowest BCUT2D eigenvalue weighted by atomic mass is 9.82. The van der Waals surface area contributed by atoms with Crippen LogP contribution in [-0.4, -0.2) is 17.0 Å². The average molecular weight is 293 g/mol. The molecule has 1 aromatic rings. The summed E-state index contributed by atoms with van der Waals surface area (Å²) in [6.07, 6.45) is 4.26. The van der Waals surface area contributed by atoms with Gasteiger partial charge < -0.3 is 10.4 Å². The van der Waals surface area contributed by atoms with Gasteiger partial charge in [-0.25, -0.2) is 8.78 Å². The molecule has 1 amide bonds. The molecule has 1 saturated carbocycles. The van der Waals surface area contributed by atoms with Gasteiger partial charge in [0.2, 0.25) is 5.91 Å². The number of nitrogens with one attached hydrogen (secondary N) is 1. The Morgan fingerprint density at radius 1 is 1.14 bits per heavy atom. The summed E-state index contributed by atoms with van der Waals surface area (Å²) in [5.74, 6) is -5.70. The molecular weight excluding hydrogens is 280 g/mol. The number of carbonyl (C=O) groups excluding carboxylic acids is 1. The van der Waals surface area contributed by atoms with Crippen LogP contribution in [0.4, 0.5) is 14.5 Å². The minimum Gasteiger partial charge on any atom is -0.481 e. The highest BCUT2D eigenvalue weighted by Gasteiger charge is 2.51. The van der Waals surface area contributed by atoms with Crippen LogP contribution in [0.15, 0.2) is 30.4 Å². The second-order valence-electron chi connectivity index (χ2n) is 5.43. The fraction of sp³-hybridized carbons (Fsp3) is 0.333. The van der Waals surface area contributed by atoms with Crippen LogP contribution in [0.2, 0.25) is 0 Å². The molecule has 3 rings (SSSR count). The number of hydrogen-bond donors (Lipinski definition) is 2. The maximum atomic E-state index is 13.6. The Bertz CT molecular complexity index is 644. The van der Waals surface area contributed by atoms with Gasteiger partial charge in [-0.15, -0.1) is 0 Å². The molecule has 0 saturated heterocycles. The van der Waals surface area contributed by atoms with Gasteiger partial charge in [-0.05, 0) is 30.4 Å². The van der Waals surface area contributed by atoms with Gasteiger partial charge in [0.15, 0.2) is 11.6 Å². The molecule has 2 bridgehead atoms. The van der Waals surface area contributed by atoms with Gasteiger partial charge in [0.1, 0.15) is 0 Å². The molecule has 0 spiro atoms. The number of carboxylic acid groups (broad SMARTS) is 1. The van der Waals surface area contributed by atoms with E-state index in [2.05, 4.69) is 5.32 Å². The number of rotatable bonds is 3. The van der Waals surface area contributed by atoms with Crippen molar-refractivity contribution >= 4 is 17.6 Å². The summed E-state index contributed by atoms with van der Waals surface area (Å²) < 4.78 is 26.7. The van der Waals surface area contributed by atoms with E-state index >= 15 is 0 Å². The van der Waals surface area contributed by atoms with Crippen LogP contribution in [-0.2, 0) is 9.59 Å². The first-order valence-corrected chi connectivity index (χ1v) is 6.65. The summed E-state index contributed by atoms with van der Waals surface area (Å²) >= 11 is 0. The van der Waals surface area contributed by atoms with Crippen molar-refractivity contribution in [1.82, 2.24) is 0 Å². The quantitative estimate of drug-likeness (QED) is 0.841. The maximum absolute atomic E-state index is 13.6. The summed E-state index contributed by atoms with van der Waals surface area (Å²) in [6, 6.07) is 3.48. The van der Waals surface area contributed by atoms with Gasteiger partial charge in [-0.1, -0.05) is 18.2 Å². The van der Waals surface area contributed by atoms with Crippen molar-refractivity contribution in [2.45, 2.75) is 6.42 Å². The summed E-state index contributed by atoms with van der Waals surface area (Å²) in [4.78, 5) is 23.6. The van der Waals surface area contributed by atoms with Crippen LogP contribution in [0.1, 0.15) is 6.42 Å². The summed E-state index contributed by atoms with van der Waals surface area (Å²) in [5.41, 5.74) is -0.268. The molecule has 6 heteroatoms. The van der Waals surface area contributed by atoms with Crippen molar-refractivity contribution in [3.05, 3.63) is 42.0 Å². The third-order valence-corrected chi connectivity index (χ3v) is 4.26. The van der Waals surface area contributed by atoms with Crippen LogP contribution in [0.3, 0.4) is 0 Å². The standard InChI is InChI=1S/C15H13F2NO3/c16-9-2-1-3-10(13(9)17)18-14(19)11-7-4-5-8(6-7)12(11)15(20)21/h1-5,7-8,11-12H,6H2,(H,18,19)(H,20,21). The van der Waals surface area contributed by atoms with Crippen molar-refractivity contribution in [2.75, 3.05) is 5.32 Å². The molecule has 2 aliphatic carbocycles. The highest BCUT2D eigenvalue weighted by Crippen LogP contribution is 2.48. The number of allylic oxidation sites excluding steroid dienone is 2. The van der Waals surface area contributed by atoms with E-state index in [0.717, 1.165) is 6.07 Å². The van der Waals surface area contributed by atoms with Crippen molar-refractivity contribution in [1.29, 1.82) is 0 Å². The predicted molar refractivity (Wildman–Crippen MR) is 70.3 cm³/mol. The highest BCUT2D eigenvalue weighted by atomic mass is 19.2. The van der Waals surface area contributed by atoms with Crippen LogP contribution in [0, 0.1) is 35.3 Å². The molecule has 1 fully saturated rings. The fourth-order valence-corrected chi connectivity index (χ4v) is 3.33. The number of carbonyl (C=O) groups is 2. The molecule has 0 radical (unpaired) electrons. The number of hydrogen-bond acceptors (Lipinski definition) is 2. The van der Waals surface area contributed by atoms with Crippen LogP contribution in [0.25, 0.3) is 0 Å². The average Bonchev–Trinajstić information content (AvgIpc) is 3.04. The molecule has 4 unspecified atom stereocenters. The molecule has 110 valence electrons. The molecule has 0 aliphatic heterocycles. The smallest absolute Gasteiger partial charge is 0.307 e. The molecule has 0 aromatic heterocycles. The third kappa shape index (κ3) is 2.20. The van der Waals surface area contributed by atoms with E-state index < -0.39 is 35.3 Å². The normalized spacial score (nSPS) is 29.6. The number of halogens is 2. The second-order valence-corrected chi connectivity index (χ2v) is 5.43. The summed E-state index contributed by atoms with van der Waals surface area (Å²) in [6.45, 7) is 0. The molecule has 4 nitrogen and oxygen atoms in total. The molecule has 0 heterocycles. The van der Waals surface area contributed by atoms with E-state index in [0.29, 0.717) is 6.42 Å². The van der Waals surface area contributed by atoms with Gasteiger partial charge in [-0.3, -0.25) is 9.59 Å². The Morgan fingerprint density at radius 3 is 2.48 bits per heavy atom. The van der Waals surface area contributed by atoms with Gasteiger partial charge in [-0.2, -0.15) is 0 Å². The molecule has 2 aliphatic rings. The lowest BCUT2D eigenvalue weighted by Crippen LogP contribution is -2.36. The number of amides is 1. The van der Waals surface area contributed by atoms with Gasteiger partial charge >= 0.3 is 5.97 Å². The summed E-state index contributed by atoms with van der Waals surface area (Å²) in [7, 11) is 0. The minimum atomic E-state index is -1.14. The first-order chi connectivity index (χ1) is 9.99. The van der Waals surface area contributed by atoms with E-state index in [1.165, 1.54) is 12.1 Å². The lowest BCUT2D eigenvalue weighted by Gasteiger charge is -2.23. The minimum absolute atomic E-state index is 0.160. The largest absolute Gasteiger partial charge is 0.481 e. The third-order valence-electron chi connectivity index (χ3n) is 4.26. The van der Waals surface area contributed by atoms with Crippen LogP contribution in [0.5, 0.6) is 0 Å². The molecule has 4 atom stereocenters. The monoisotopic (exact) mass is 293 g/mol. The Balaban J connectivity index is 1.84. The Labute approximate surface area is 119 Å². The molecule has 1 aromatic carbocycles. The Morgan fingerprint density at radius 2 is 1.81 bits per heavy atom. The zero-order valence-electron chi connectivity index (χ0n) is 10.9. The number of aliphatic carboxylic acids is 1. The van der Waals surface area contributed by atoms with E-state index in [4.69, 9.17) is 0 Å². The predicted octanol–water partition coefficient (Wildman–Crippen LogP) is 2.43. The first-order valence-electron chi connectivity index (χ1n) is 6.65. The van der Waals surface area contributed by atoms with Crippen molar-refractivity contribution < 1.29 is 23.5 Å². The van der Waals surface area contributed by atoms with Crippen LogP contribution < -0.4 is 5.32 Å². The van der Waals surface area contributed by atoms with E-state index in [9.17, 15) is 23.5 Å². The number of anilines is 1. The molecule has 2 N–H and O–H groups in total.